The molecule has 1 unspecified atom stereocenters. The molecule has 0 saturated carbocycles. The van der Waals surface area contributed by atoms with E-state index >= 15 is 0 Å². The Labute approximate surface area is 124 Å². The first-order chi connectivity index (χ1) is 9.90. The van der Waals surface area contributed by atoms with Crippen LogP contribution in [0.3, 0.4) is 0 Å². The molecule has 116 valence electrons. The van der Waals surface area contributed by atoms with E-state index in [-0.39, 0.29) is 19.0 Å². The van der Waals surface area contributed by atoms with Gasteiger partial charge >= 0.3 is 0 Å². The summed E-state index contributed by atoms with van der Waals surface area (Å²) in [7, 11) is -2.36. The molecule has 1 aromatic carbocycles. The third kappa shape index (κ3) is 5.44. The van der Waals surface area contributed by atoms with E-state index in [1.54, 1.807) is 0 Å². The molecule has 0 aliphatic rings. The highest BCUT2D eigenvalue weighted by atomic mass is 32.2. The number of nitrogens with one attached hydrogen (secondary N) is 1. The maximum Gasteiger partial charge on any atom is 0.243 e. The number of hydrogen-bond acceptors (Lipinski definition) is 4. The summed E-state index contributed by atoms with van der Waals surface area (Å²) < 4.78 is 45.3. The highest BCUT2D eigenvalue weighted by molar-refractivity contribution is 7.89. The molecule has 7 heteroatoms. The average molecular weight is 314 g/mol. The lowest BCUT2D eigenvalue weighted by Crippen LogP contribution is -2.30. The van der Waals surface area contributed by atoms with Crippen molar-refractivity contribution < 1.29 is 17.5 Å². The summed E-state index contributed by atoms with van der Waals surface area (Å²) >= 11 is 0. The molecule has 0 radical (unpaired) electrons. The van der Waals surface area contributed by atoms with Gasteiger partial charge in [0.15, 0.2) is 0 Å². The number of methoxy groups -OCH3 is 1. The van der Waals surface area contributed by atoms with Crippen molar-refractivity contribution >= 4 is 10.0 Å². The van der Waals surface area contributed by atoms with E-state index < -0.39 is 20.7 Å². The fourth-order valence-electron chi connectivity index (χ4n) is 1.62. The van der Waals surface area contributed by atoms with Crippen LogP contribution in [-0.4, -0.2) is 35.2 Å². The highest BCUT2D eigenvalue weighted by Gasteiger charge is 2.19. The summed E-state index contributed by atoms with van der Waals surface area (Å²) in [6.45, 7) is 2.57. The molecule has 5 nitrogen and oxygen atoms in total. The lowest BCUT2D eigenvalue weighted by atomic mass is 10.2. The van der Waals surface area contributed by atoms with Gasteiger partial charge in [-0.2, -0.15) is 0 Å². The van der Waals surface area contributed by atoms with E-state index in [1.807, 2.05) is 6.92 Å². The van der Waals surface area contributed by atoms with E-state index in [9.17, 15) is 12.8 Å². The Morgan fingerprint density at radius 3 is 2.76 bits per heavy atom. The second-order valence-corrected chi connectivity index (χ2v) is 6.30. The molecule has 0 bridgehead atoms. The maximum atomic E-state index is 13.9. The van der Waals surface area contributed by atoms with Crippen molar-refractivity contribution in [3.63, 3.8) is 0 Å². The van der Waals surface area contributed by atoms with Crippen LogP contribution in [-0.2, 0) is 14.8 Å². The smallest absolute Gasteiger partial charge is 0.243 e. The van der Waals surface area contributed by atoms with Crippen molar-refractivity contribution in [2.75, 3.05) is 26.8 Å². The Bertz CT molecular complexity index is 635. The van der Waals surface area contributed by atoms with E-state index in [4.69, 9.17) is 10.5 Å². The van der Waals surface area contributed by atoms with E-state index in [0.717, 1.165) is 6.07 Å². The van der Waals surface area contributed by atoms with Gasteiger partial charge in [-0.15, -0.1) is 0 Å². The number of ether oxygens (including phenoxy) is 1. The minimum Gasteiger partial charge on any atom is -0.384 e. The molecule has 0 spiro atoms. The van der Waals surface area contributed by atoms with Gasteiger partial charge in [0, 0.05) is 25.8 Å². The molecule has 3 N–H and O–H groups in total. The summed E-state index contributed by atoms with van der Waals surface area (Å²) in [5, 5.41) is 0. The zero-order valence-electron chi connectivity index (χ0n) is 12.0. The number of sulfonamides is 1. The molecule has 0 aromatic heterocycles. The third-order valence-electron chi connectivity index (χ3n) is 2.63. The molecular weight excluding hydrogens is 295 g/mol. The van der Waals surface area contributed by atoms with Crippen molar-refractivity contribution in [2.45, 2.75) is 11.8 Å². The van der Waals surface area contributed by atoms with Gasteiger partial charge in [-0.1, -0.05) is 18.8 Å². The first-order valence-electron chi connectivity index (χ1n) is 6.37. The Hall–Kier alpha value is -1.46. The maximum absolute atomic E-state index is 13.9. The molecular formula is C14H19FN2O3S. The lowest BCUT2D eigenvalue weighted by molar-refractivity contribution is 0.161. The van der Waals surface area contributed by atoms with Crippen LogP contribution in [0, 0.1) is 23.6 Å². The molecule has 0 aliphatic carbocycles. The number of nitrogens with two attached hydrogens (primary N) is 1. The Morgan fingerprint density at radius 2 is 2.19 bits per heavy atom. The molecule has 1 aromatic rings. The second kappa shape index (κ2) is 8.10. The lowest BCUT2D eigenvalue weighted by Gasteiger charge is -2.12. The van der Waals surface area contributed by atoms with Gasteiger partial charge < -0.3 is 10.5 Å². The van der Waals surface area contributed by atoms with Crippen LogP contribution in [0.25, 0.3) is 0 Å². The van der Waals surface area contributed by atoms with Crippen LogP contribution in [0.2, 0.25) is 0 Å². The van der Waals surface area contributed by atoms with Gasteiger partial charge in [0.2, 0.25) is 10.0 Å². The van der Waals surface area contributed by atoms with Gasteiger partial charge in [0.1, 0.15) is 10.7 Å². The molecule has 1 rings (SSSR count). The van der Waals surface area contributed by atoms with Crippen molar-refractivity contribution in [1.29, 1.82) is 0 Å². The van der Waals surface area contributed by atoms with E-state index in [1.165, 1.54) is 19.2 Å². The van der Waals surface area contributed by atoms with Crippen LogP contribution in [0.15, 0.2) is 23.1 Å². The standard InChI is InChI=1S/C14H19FN2O3S/c1-11(10-20-2)9-17-21(18,19)14-6-5-12(4-3-7-16)8-13(14)15/h5-6,8,11,17H,7,9-10,16H2,1-2H3. The van der Waals surface area contributed by atoms with Crippen molar-refractivity contribution in [1.82, 2.24) is 4.72 Å². The van der Waals surface area contributed by atoms with Gasteiger partial charge in [0.05, 0.1) is 6.54 Å². The first kappa shape index (κ1) is 17.6. The predicted molar refractivity (Wildman–Crippen MR) is 78.6 cm³/mol. The Kier molecular flexibility index (Phi) is 6.78. The fraction of sp³-hybridized carbons (Fsp3) is 0.429. The number of hydrogen-bond donors (Lipinski definition) is 2. The first-order valence-corrected chi connectivity index (χ1v) is 7.86. The summed E-state index contributed by atoms with van der Waals surface area (Å²) in [6, 6.07) is 3.72. The average Bonchev–Trinajstić information content (AvgIpc) is 2.43. The predicted octanol–water partition coefficient (Wildman–Crippen LogP) is 0.697. The largest absolute Gasteiger partial charge is 0.384 e. The Morgan fingerprint density at radius 1 is 1.48 bits per heavy atom. The van der Waals surface area contributed by atoms with Crippen LogP contribution < -0.4 is 10.5 Å². The molecule has 0 aliphatic heterocycles. The topological polar surface area (TPSA) is 81.4 Å². The summed E-state index contributed by atoms with van der Waals surface area (Å²) in [4.78, 5) is -0.398. The zero-order valence-corrected chi connectivity index (χ0v) is 12.8. The molecule has 0 heterocycles. The second-order valence-electron chi connectivity index (χ2n) is 4.56. The molecule has 21 heavy (non-hydrogen) atoms. The van der Waals surface area contributed by atoms with Gasteiger partial charge in [-0.05, 0) is 24.1 Å². The number of benzene rings is 1. The van der Waals surface area contributed by atoms with E-state index in [2.05, 4.69) is 16.6 Å². The van der Waals surface area contributed by atoms with Crippen LogP contribution in [0.1, 0.15) is 12.5 Å². The number of rotatable bonds is 6. The SMILES string of the molecule is COCC(C)CNS(=O)(=O)c1ccc(C#CCN)cc1F. The van der Waals surface area contributed by atoms with Crippen LogP contribution in [0.5, 0.6) is 0 Å². The zero-order chi connectivity index (χ0) is 15.9. The van der Waals surface area contributed by atoms with Gasteiger partial charge in [0.25, 0.3) is 0 Å². The van der Waals surface area contributed by atoms with Crippen molar-refractivity contribution in [3.05, 3.63) is 29.6 Å². The van der Waals surface area contributed by atoms with E-state index in [0.29, 0.717) is 12.2 Å². The fourth-order valence-corrected chi connectivity index (χ4v) is 2.85. The van der Waals surface area contributed by atoms with Gasteiger partial charge in [-0.3, -0.25) is 0 Å². The van der Waals surface area contributed by atoms with Crippen LogP contribution >= 0.6 is 0 Å². The summed E-state index contributed by atoms with van der Waals surface area (Å²) in [6.07, 6.45) is 0. The van der Waals surface area contributed by atoms with Crippen molar-refractivity contribution in [3.8, 4) is 11.8 Å². The minimum atomic E-state index is -3.90. The van der Waals surface area contributed by atoms with Crippen molar-refractivity contribution in [2.24, 2.45) is 11.7 Å². The summed E-state index contributed by atoms with van der Waals surface area (Å²) in [5.74, 6) is 4.37. The molecule has 0 saturated heterocycles. The monoisotopic (exact) mass is 314 g/mol. The third-order valence-corrected chi connectivity index (χ3v) is 4.09. The highest BCUT2D eigenvalue weighted by Crippen LogP contribution is 2.15. The molecule has 0 amide bonds. The molecule has 0 fully saturated rings. The Balaban J connectivity index is 2.88. The van der Waals surface area contributed by atoms with Crippen LogP contribution in [0.4, 0.5) is 4.39 Å². The minimum absolute atomic E-state index is 0.0115. The number of halogens is 1. The summed E-state index contributed by atoms with van der Waals surface area (Å²) in [5.41, 5.74) is 5.60. The quantitative estimate of drug-likeness (QED) is 0.757. The normalized spacial score (nSPS) is 12.6. The van der Waals surface area contributed by atoms with Gasteiger partial charge in [-0.25, -0.2) is 17.5 Å². The molecule has 1 atom stereocenters.